The second kappa shape index (κ2) is 2.84. The van der Waals surface area contributed by atoms with Gasteiger partial charge in [0.2, 0.25) is 5.91 Å². The quantitative estimate of drug-likeness (QED) is 0.667. The third-order valence-electron chi connectivity index (χ3n) is 2.60. The van der Waals surface area contributed by atoms with Gasteiger partial charge in [-0.3, -0.25) is 4.79 Å². The topological polar surface area (TPSA) is 29.1 Å². The van der Waals surface area contributed by atoms with Gasteiger partial charge in [-0.1, -0.05) is 32.9 Å². The molecule has 1 aromatic rings. The molecule has 0 atom stereocenters. The maximum absolute atomic E-state index is 11.3. The second-order valence-electron chi connectivity index (χ2n) is 4.81. The average molecular weight is 189 g/mol. The van der Waals surface area contributed by atoms with Gasteiger partial charge in [-0.2, -0.15) is 0 Å². The first-order chi connectivity index (χ1) is 6.48. The van der Waals surface area contributed by atoms with Gasteiger partial charge in [-0.15, -0.1) is 0 Å². The van der Waals surface area contributed by atoms with Crippen molar-refractivity contribution in [1.29, 1.82) is 0 Å². The number of carbonyl (C=O) groups is 1. The molecular formula is C12H15NO. The first-order valence-electron chi connectivity index (χ1n) is 4.91. The van der Waals surface area contributed by atoms with Gasteiger partial charge < -0.3 is 5.32 Å². The molecule has 14 heavy (non-hydrogen) atoms. The van der Waals surface area contributed by atoms with Crippen molar-refractivity contribution in [1.82, 2.24) is 0 Å². The van der Waals surface area contributed by atoms with Gasteiger partial charge >= 0.3 is 0 Å². The fourth-order valence-electron chi connectivity index (χ4n) is 1.95. The Bertz CT molecular complexity index is 388. The lowest BCUT2D eigenvalue weighted by Crippen LogP contribution is -2.13. The zero-order chi connectivity index (χ0) is 10.3. The van der Waals surface area contributed by atoms with Crippen LogP contribution in [-0.2, 0) is 16.6 Å². The standard InChI is InChI=1S/C12H15NO/c1-12(2,3)9-5-4-6-10-8(9)7-11(14)13-10/h4-6H,7H2,1-3H3,(H,13,14). The Morgan fingerprint density at radius 2 is 2.00 bits per heavy atom. The van der Waals surface area contributed by atoms with E-state index >= 15 is 0 Å². The van der Waals surface area contributed by atoms with E-state index in [2.05, 4.69) is 32.2 Å². The molecule has 1 aromatic carbocycles. The van der Waals surface area contributed by atoms with Crippen molar-refractivity contribution in [3.63, 3.8) is 0 Å². The molecule has 0 unspecified atom stereocenters. The minimum Gasteiger partial charge on any atom is -0.326 e. The number of anilines is 1. The summed E-state index contributed by atoms with van der Waals surface area (Å²) < 4.78 is 0. The lowest BCUT2D eigenvalue weighted by molar-refractivity contribution is -0.115. The molecule has 1 aliphatic rings. The van der Waals surface area contributed by atoms with Gasteiger partial charge in [-0.25, -0.2) is 0 Å². The number of carbonyl (C=O) groups excluding carboxylic acids is 1. The van der Waals surface area contributed by atoms with Crippen LogP contribution in [0.2, 0.25) is 0 Å². The third-order valence-corrected chi connectivity index (χ3v) is 2.60. The highest BCUT2D eigenvalue weighted by Crippen LogP contribution is 2.33. The Kier molecular flexibility index (Phi) is 1.88. The van der Waals surface area contributed by atoms with Crippen LogP contribution in [0.4, 0.5) is 5.69 Å². The van der Waals surface area contributed by atoms with E-state index in [1.807, 2.05) is 12.1 Å². The molecule has 0 radical (unpaired) electrons. The SMILES string of the molecule is CC(C)(C)c1cccc2c1CC(=O)N2. The van der Waals surface area contributed by atoms with E-state index in [9.17, 15) is 4.79 Å². The molecule has 0 saturated carbocycles. The third kappa shape index (κ3) is 1.41. The summed E-state index contributed by atoms with van der Waals surface area (Å²) in [6, 6.07) is 6.08. The lowest BCUT2D eigenvalue weighted by Gasteiger charge is -2.21. The summed E-state index contributed by atoms with van der Waals surface area (Å²) in [7, 11) is 0. The van der Waals surface area contributed by atoms with E-state index in [0.717, 1.165) is 5.69 Å². The fourth-order valence-corrected chi connectivity index (χ4v) is 1.95. The molecule has 0 saturated heterocycles. The van der Waals surface area contributed by atoms with E-state index in [4.69, 9.17) is 0 Å². The molecule has 1 N–H and O–H groups in total. The van der Waals surface area contributed by atoms with Crippen LogP contribution in [0.25, 0.3) is 0 Å². The van der Waals surface area contributed by atoms with Crippen molar-refractivity contribution >= 4 is 11.6 Å². The molecule has 74 valence electrons. The van der Waals surface area contributed by atoms with Crippen LogP contribution in [0.1, 0.15) is 31.9 Å². The van der Waals surface area contributed by atoms with Crippen LogP contribution in [0.5, 0.6) is 0 Å². The van der Waals surface area contributed by atoms with Crippen molar-refractivity contribution in [3.05, 3.63) is 29.3 Å². The molecule has 0 bridgehead atoms. The highest BCUT2D eigenvalue weighted by atomic mass is 16.1. The van der Waals surface area contributed by atoms with E-state index in [1.54, 1.807) is 0 Å². The van der Waals surface area contributed by atoms with Crippen molar-refractivity contribution in [2.24, 2.45) is 0 Å². The van der Waals surface area contributed by atoms with Crippen LogP contribution in [0.15, 0.2) is 18.2 Å². The zero-order valence-corrected chi connectivity index (χ0v) is 8.85. The van der Waals surface area contributed by atoms with Crippen LogP contribution in [-0.4, -0.2) is 5.91 Å². The Morgan fingerprint density at radius 1 is 1.29 bits per heavy atom. The van der Waals surface area contributed by atoms with Crippen LogP contribution in [0, 0.1) is 0 Å². The Morgan fingerprint density at radius 3 is 2.64 bits per heavy atom. The highest BCUT2D eigenvalue weighted by molar-refractivity contribution is 5.99. The number of fused-ring (bicyclic) bond motifs is 1. The summed E-state index contributed by atoms with van der Waals surface area (Å²) in [5, 5.41) is 2.87. The summed E-state index contributed by atoms with van der Waals surface area (Å²) in [5.74, 6) is 0.108. The summed E-state index contributed by atoms with van der Waals surface area (Å²) in [4.78, 5) is 11.3. The average Bonchev–Trinajstić information content (AvgIpc) is 2.41. The van der Waals surface area contributed by atoms with Crippen molar-refractivity contribution in [2.75, 3.05) is 5.32 Å². The largest absolute Gasteiger partial charge is 0.326 e. The van der Waals surface area contributed by atoms with Gasteiger partial charge in [0.15, 0.2) is 0 Å². The molecule has 2 nitrogen and oxygen atoms in total. The predicted octanol–water partition coefficient (Wildman–Crippen LogP) is 2.48. The van der Waals surface area contributed by atoms with E-state index in [0.29, 0.717) is 6.42 Å². The number of amides is 1. The van der Waals surface area contributed by atoms with Gasteiger partial charge in [0.1, 0.15) is 0 Å². The maximum Gasteiger partial charge on any atom is 0.228 e. The number of benzene rings is 1. The smallest absolute Gasteiger partial charge is 0.228 e. The van der Waals surface area contributed by atoms with Gasteiger partial charge in [-0.05, 0) is 22.6 Å². The number of rotatable bonds is 0. The van der Waals surface area contributed by atoms with Crippen molar-refractivity contribution in [2.45, 2.75) is 32.6 Å². The lowest BCUT2D eigenvalue weighted by atomic mass is 9.83. The summed E-state index contributed by atoms with van der Waals surface area (Å²) in [6.07, 6.45) is 0.531. The Hall–Kier alpha value is -1.31. The van der Waals surface area contributed by atoms with Gasteiger partial charge in [0.05, 0.1) is 6.42 Å². The first-order valence-corrected chi connectivity index (χ1v) is 4.91. The monoisotopic (exact) mass is 189 g/mol. The highest BCUT2D eigenvalue weighted by Gasteiger charge is 2.25. The van der Waals surface area contributed by atoms with Crippen LogP contribution < -0.4 is 5.32 Å². The molecule has 1 heterocycles. The molecule has 2 heteroatoms. The number of hydrogen-bond acceptors (Lipinski definition) is 1. The van der Waals surface area contributed by atoms with Crippen molar-refractivity contribution < 1.29 is 4.79 Å². The summed E-state index contributed by atoms with van der Waals surface area (Å²) in [6.45, 7) is 6.52. The molecule has 0 aromatic heterocycles. The Balaban J connectivity index is 2.55. The molecule has 0 fully saturated rings. The molecule has 0 spiro atoms. The Labute approximate surface area is 84.3 Å². The molecular weight excluding hydrogens is 174 g/mol. The van der Waals surface area contributed by atoms with Crippen LogP contribution in [0.3, 0.4) is 0 Å². The van der Waals surface area contributed by atoms with Crippen molar-refractivity contribution in [3.8, 4) is 0 Å². The number of hydrogen-bond donors (Lipinski definition) is 1. The maximum atomic E-state index is 11.3. The van der Waals surface area contributed by atoms with Gasteiger partial charge in [0, 0.05) is 5.69 Å². The van der Waals surface area contributed by atoms with E-state index < -0.39 is 0 Å². The number of nitrogens with one attached hydrogen (secondary N) is 1. The fraction of sp³-hybridized carbons (Fsp3) is 0.417. The normalized spacial score (nSPS) is 15.2. The summed E-state index contributed by atoms with van der Waals surface area (Å²) >= 11 is 0. The minimum absolute atomic E-state index is 0.108. The minimum atomic E-state index is 0.108. The van der Waals surface area contributed by atoms with E-state index in [-0.39, 0.29) is 11.3 Å². The van der Waals surface area contributed by atoms with E-state index in [1.165, 1.54) is 11.1 Å². The first kappa shape index (κ1) is 9.25. The molecule has 0 aliphatic carbocycles. The van der Waals surface area contributed by atoms with Crippen LogP contribution >= 0.6 is 0 Å². The van der Waals surface area contributed by atoms with Gasteiger partial charge in [0.25, 0.3) is 0 Å². The molecule has 2 rings (SSSR count). The predicted molar refractivity (Wildman–Crippen MR) is 57.5 cm³/mol. The zero-order valence-electron chi connectivity index (χ0n) is 8.85. The molecule has 1 amide bonds. The molecule has 1 aliphatic heterocycles. The summed E-state index contributed by atoms with van der Waals surface area (Å²) in [5.41, 5.74) is 3.54. The second-order valence-corrected chi connectivity index (χ2v) is 4.81.